The van der Waals surface area contributed by atoms with Crippen molar-refractivity contribution in [3.05, 3.63) is 64.6 Å². The Morgan fingerprint density at radius 1 is 0.833 bits per heavy atom. The van der Waals surface area contributed by atoms with Crippen molar-refractivity contribution >= 4 is 34.9 Å². The van der Waals surface area contributed by atoms with E-state index in [4.69, 9.17) is 28.9 Å². The molecule has 0 bridgehead atoms. The first-order valence-electron chi connectivity index (χ1n) is 7.16. The Hall–Kier alpha value is -2.63. The van der Waals surface area contributed by atoms with Gasteiger partial charge in [-0.15, -0.1) is 5.10 Å². The second-order valence-corrected chi connectivity index (χ2v) is 6.02. The van der Waals surface area contributed by atoms with E-state index in [0.29, 0.717) is 21.5 Å². The third-order valence-corrected chi connectivity index (χ3v) is 4.35. The van der Waals surface area contributed by atoms with Gasteiger partial charge in [0.1, 0.15) is 0 Å². The van der Waals surface area contributed by atoms with Crippen LogP contribution < -0.4 is 5.73 Å². The van der Waals surface area contributed by atoms with Crippen LogP contribution in [0, 0.1) is 0 Å². The molecule has 4 aromatic rings. The maximum absolute atomic E-state index is 6.13. The number of nitrogens with two attached hydrogens (primary N) is 1. The van der Waals surface area contributed by atoms with E-state index in [2.05, 4.69) is 15.1 Å². The lowest BCUT2D eigenvalue weighted by Gasteiger charge is -2.08. The van der Waals surface area contributed by atoms with Crippen LogP contribution in [0.15, 0.2) is 54.6 Å². The molecular weight excluding hydrogens is 345 g/mol. The first-order chi connectivity index (χ1) is 11.6. The van der Waals surface area contributed by atoms with Crippen molar-refractivity contribution in [3.8, 4) is 22.5 Å². The van der Waals surface area contributed by atoms with Gasteiger partial charge >= 0.3 is 0 Å². The zero-order valence-corrected chi connectivity index (χ0v) is 13.8. The Bertz CT molecular complexity index is 1040. The van der Waals surface area contributed by atoms with E-state index in [1.165, 1.54) is 0 Å². The highest BCUT2D eigenvalue weighted by atomic mass is 35.5. The van der Waals surface area contributed by atoms with Crippen molar-refractivity contribution in [2.24, 2.45) is 0 Å². The van der Waals surface area contributed by atoms with Gasteiger partial charge in [0.15, 0.2) is 0 Å². The summed E-state index contributed by atoms with van der Waals surface area (Å²) >= 11 is 12.1. The fourth-order valence-electron chi connectivity index (χ4n) is 2.50. The van der Waals surface area contributed by atoms with Crippen molar-refractivity contribution in [3.63, 3.8) is 0 Å². The molecule has 24 heavy (non-hydrogen) atoms. The summed E-state index contributed by atoms with van der Waals surface area (Å²) in [5.74, 6) is 0.598. The summed E-state index contributed by atoms with van der Waals surface area (Å²) in [6, 6.07) is 17.2. The maximum Gasteiger partial charge on any atom is 0.255 e. The zero-order chi connectivity index (χ0) is 16.7. The molecule has 118 valence electrons. The second kappa shape index (κ2) is 5.78. The normalized spacial score (nSPS) is 11.1. The van der Waals surface area contributed by atoms with Gasteiger partial charge in [0, 0.05) is 11.1 Å². The number of halogens is 2. The number of nitrogens with zero attached hydrogens (tertiary/aromatic N) is 4. The lowest BCUT2D eigenvalue weighted by Crippen LogP contribution is -1.99. The largest absolute Gasteiger partial charge is 0.366 e. The van der Waals surface area contributed by atoms with Crippen LogP contribution in [0.4, 0.5) is 5.95 Å². The third kappa shape index (κ3) is 2.58. The molecule has 0 aliphatic heterocycles. The Kier molecular flexibility index (Phi) is 3.59. The van der Waals surface area contributed by atoms with Crippen LogP contribution in [-0.2, 0) is 0 Å². The van der Waals surface area contributed by atoms with Crippen molar-refractivity contribution in [2.75, 3.05) is 5.73 Å². The van der Waals surface area contributed by atoms with Gasteiger partial charge in [-0.05, 0) is 18.2 Å². The first-order valence-corrected chi connectivity index (χ1v) is 7.91. The van der Waals surface area contributed by atoms with E-state index in [1.54, 1.807) is 16.6 Å². The van der Waals surface area contributed by atoms with Gasteiger partial charge < -0.3 is 5.73 Å². The quantitative estimate of drug-likeness (QED) is 0.580. The van der Waals surface area contributed by atoms with Crippen molar-refractivity contribution in [1.82, 2.24) is 19.6 Å². The average molecular weight is 356 g/mol. The average Bonchev–Trinajstić information content (AvgIpc) is 2.97. The number of hydrogen-bond donors (Lipinski definition) is 1. The second-order valence-electron chi connectivity index (χ2n) is 5.20. The number of nitrogen functional groups attached to an aromatic ring is 1. The highest BCUT2D eigenvalue weighted by Crippen LogP contribution is 2.30. The predicted molar refractivity (Wildman–Crippen MR) is 96.1 cm³/mol. The molecule has 7 heteroatoms. The number of hydrogen-bond acceptors (Lipinski definition) is 4. The Labute approximate surface area is 147 Å². The van der Waals surface area contributed by atoms with Crippen LogP contribution in [0.2, 0.25) is 10.0 Å². The van der Waals surface area contributed by atoms with E-state index < -0.39 is 0 Å². The van der Waals surface area contributed by atoms with Crippen LogP contribution in [0.1, 0.15) is 0 Å². The van der Waals surface area contributed by atoms with Crippen LogP contribution in [0.25, 0.3) is 28.3 Å². The minimum absolute atomic E-state index is 0.172. The van der Waals surface area contributed by atoms with E-state index >= 15 is 0 Å². The van der Waals surface area contributed by atoms with Crippen molar-refractivity contribution in [1.29, 1.82) is 0 Å². The van der Waals surface area contributed by atoms with Crippen molar-refractivity contribution < 1.29 is 0 Å². The summed E-state index contributed by atoms with van der Waals surface area (Å²) in [7, 11) is 0. The highest BCUT2D eigenvalue weighted by Gasteiger charge is 2.13. The Balaban J connectivity index is 1.99. The fraction of sp³-hybridized carbons (Fsp3) is 0. The Morgan fingerprint density at radius 2 is 1.62 bits per heavy atom. The van der Waals surface area contributed by atoms with Gasteiger partial charge in [-0.3, -0.25) is 0 Å². The van der Waals surface area contributed by atoms with E-state index in [9.17, 15) is 0 Å². The molecule has 0 fully saturated rings. The minimum atomic E-state index is 0.172. The molecule has 0 spiro atoms. The SMILES string of the molecule is Nc1nc2nc(-c3ccc(Cl)c(Cl)c3)cc(-c3ccccc3)n2n1. The van der Waals surface area contributed by atoms with E-state index in [1.807, 2.05) is 42.5 Å². The number of benzene rings is 2. The molecule has 0 saturated heterocycles. The molecule has 2 N–H and O–H groups in total. The van der Waals surface area contributed by atoms with Crippen LogP contribution in [0.5, 0.6) is 0 Å². The minimum Gasteiger partial charge on any atom is -0.366 e. The standard InChI is InChI=1S/C17H11Cl2N5/c18-12-7-6-11(8-13(12)19)14-9-15(10-4-2-1-3-5-10)24-17(21-14)22-16(20)23-24/h1-9H,(H2,20,23). The Morgan fingerprint density at radius 3 is 2.38 bits per heavy atom. The number of fused-ring (bicyclic) bond motifs is 1. The highest BCUT2D eigenvalue weighted by molar-refractivity contribution is 6.42. The molecule has 4 rings (SSSR count). The summed E-state index contributed by atoms with van der Waals surface area (Å²) < 4.78 is 1.63. The van der Waals surface area contributed by atoms with Gasteiger partial charge in [-0.1, -0.05) is 59.6 Å². The number of aromatic nitrogens is 4. The summed E-state index contributed by atoms with van der Waals surface area (Å²) in [6.07, 6.45) is 0. The molecule has 0 aliphatic rings. The van der Waals surface area contributed by atoms with Crippen molar-refractivity contribution in [2.45, 2.75) is 0 Å². The lowest BCUT2D eigenvalue weighted by atomic mass is 10.1. The smallest absolute Gasteiger partial charge is 0.255 e. The van der Waals surface area contributed by atoms with Crippen LogP contribution in [0.3, 0.4) is 0 Å². The summed E-state index contributed by atoms with van der Waals surface area (Å²) in [6.45, 7) is 0. The van der Waals surface area contributed by atoms with Gasteiger partial charge in [0.05, 0.1) is 21.4 Å². The first kappa shape index (κ1) is 14.9. The van der Waals surface area contributed by atoms with Crippen LogP contribution in [-0.4, -0.2) is 19.6 Å². The molecule has 2 heterocycles. The molecule has 0 radical (unpaired) electrons. The molecule has 0 atom stereocenters. The number of rotatable bonds is 2. The van der Waals surface area contributed by atoms with E-state index in [0.717, 1.165) is 16.8 Å². The van der Waals surface area contributed by atoms with Gasteiger partial charge in [-0.2, -0.15) is 9.50 Å². The molecule has 2 aromatic carbocycles. The predicted octanol–water partition coefficient (Wildman–Crippen LogP) is 4.35. The third-order valence-electron chi connectivity index (χ3n) is 3.61. The maximum atomic E-state index is 6.13. The molecule has 5 nitrogen and oxygen atoms in total. The molecule has 2 aromatic heterocycles. The van der Waals surface area contributed by atoms with E-state index in [-0.39, 0.29) is 5.95 Å². The fourth-order valence-corrected chi connectivity index (χ4v) is 2.80. The topological polar surface area (TPSA) is 69.1 Å². The molecule has 0 unspecified atom stereocenters. The summed E-state index contributed by atoms with van der Waals surface area (Å²) in [4.78, 5) is 8.72. The van der Waals surface area contributed by atoms with Gasteiger partial charge in [0.25, 0.3) is 5.78 Å². The summed E-state index contributed by atoms with van der Waals surface area (Å²) in [5.41, 5.74) is 9.12. The monoisotopic (exact) mass is 355 g/mol. The van der Waals surface area contributed by atoms with Gasteiger partial charge in [-0.25, -0.2) is 4.98 Å². The number of anilines is 1. The van der Waals surface area contributed by atoms with Gasteiger partial charge in [0.2, 0.25) is 5.95 Å². The molecule has 0 amide bonds. The van der Waals surface area contributed by atoms with Crippen LogP contribution >= 0.6 is 23.2 Å². The summed E-state index contributed by atoms with van der Waals surface area (Å²) in [5, 5.41) is 5.20. The molecule has 0 saturated carbocycles. The molecular formula is C17H11Cl2N5. The lowest BCUT2D eigenvalue weighted by molar-refractivity contribution is 0.954. The zero-order valence-electron chi connectivity index (χ0n) is 12.3. The molecule has 0 aliphatic carbocycles.